The molecule has 0 radical (unpaired) electrons. The van der Waals surface area contributed by atoms with Crippen LogP contribution in [0.2, 0.25) is 0 Å². The monoisotopic (exact) mass is 324 g/mol. The first-order valence-corrected chi connectivity index (χ1v) is 6.71. The van der Waals surface area contributed by atoms with Gasteiger partial charge in [0.2, 0.25) is 11.7 Å². The third kappa shape index (κ3) is 4.25. The summed E-state index contributed by atoms with van der Waals surface area (Å²) in [4.78, 5) is 34.0. The number of methoxy groups -OCH3 is 1. The summed E-state index contributed by atoms with van der Waals surface area (Å²) in [6.07, 6.45) is 0. The second kappa shape index (κ2) is 7.34. The van der Waals surface area contributed by atoms with Crippen LogP contribution in [0, 0.1) is 0 Å². The van der Waals surface area contributed by atoms with E-state index in [-0.39, 0.29) is 5.56 Å². The van der Waals surface area contributed by atoms with Gasteiger partial charge in [-0.3, -0.25) is 20.4 Å². The van der Waals surface area contributed by atoms with Crippen LogP contribution in [0.4, 0.5) is 0 Å². The summed E-state index contributed by atoms with van der Waals surface area (Å²) >= 11 is 0. The van der Waals surface area contributed by atoms with Gasteiger partial charge in [0.05, 0.1) is 12.7 Å². The molecule has 0 atom stereocenters. The van der Waals surface area contributed by atoms with Crippen molar-refractivity contribution in [2.24, 2.45) is 0 Å². The third-order valence-electron chi connectivity index (χ3n) is 2.78. The standard InChI is InChI=1S/C14H16N2O7/c1-8(17)15-16-12(18)7-23-14(19)9-5-10(20-2)13-11(6-9)21-3-4-22-13/h5-6H,3-4,7H2,1-2H3,(H,15,17)(H,16,18). The van der Waals surface area contributed by atoms with Crippen LogP contribution in [0.1, 0.15) is 17.3 Å². The summed E-state index contributed by atoms with van der Waals surface area (Å²) in [6.45, 7) is 1.42. The number of amides is 2. The highest BCUT2D eigenvalue weighted by Gasteiger charge is 2.21. The molecule has 1 aliphatic rings. The Balaban J connectivity index is 2.02. The van der Waals surface area contributed by atoms with Gasteiger partial charge in [-0.25, -0.2) is 4.79 Å². The SMILES string of the molecule is COc1cc(C(=O)OCC(=O)NNC(C)=O)cc2c1OCCO2. The summed E-state index contributed by atoms with van der Waals surface area (Å²) < 4.78 is 20.8. The van der Waals surface area contributed by atoms with E-state index in [1.807, 2.05) is 0 Å². The Bertz CT molecular complexity index is 613. The first-order chi connectivity index (χ1) is 11.0. The summed E-state index contributed by atoms with van der Waals surface area (Å²) in [6, 6.07) is 2.88. The van der Waals surface area contributed by atoms with E-state index in [1.54, 1.807) is 0 Å². The number of hydrogen-bond acceptors (Lipinski definition) is 7. The van der Waals surface area contributed by atoms with Gasteiger partial charge in [-0.1, -0.05) is 0 Å². The van der Waals surface area contributed by atoms with E-state index in [0.29, 0.717) is 30.5 Å². The normalized spacial score (nSPS) is 12.1. The van der Waals surface area contributed by atoms with E-state index in [2.05, 4.69) is 10.9 Å². The summed E-state index contributed by atoms with van der Waals surface area (Å²) in [5.41, 5.74) is 4.31. The van der Waals surface area contributed by atoms with E-state index in [0.717, 1.165) is 0 Å². The molecular weight excluding hydrogens is 308 g/mol. The van der Waals surface area contributed by atoms with Crippen molar-refractivity contribution in [2.45, 2.75) is 6.92 Å². The zero-order valence-corrected chi connectivity index (χ0v) is 12.6. The molecule has 0 spiro atoms. The minimum Gasteiger partial charge on any atom is -0.493 e. The van der Waals surface area contributed by atoms with Crippen molar-refractivity contribution < 1.29 is 33.3 Å². The summed E-state index contributed by atoms with van der Waals surface area (Å²) in [5.74, 6) is -0.738. The summed E-state index contributed by atoms with van der Waals surface area (Å²) in [5, 5.41) is 0. The first-order valence-electron chi connectivity index (χ1n) is 6.71. The van der Waals surface area contributed by atoms with Crippen molar-refractivity contribution in [3.63, 3.8) is 0 Å². The molecule has 1 aromatic rings. The lowest BCUT2D eigenvalue weighted by Gasteiger charge is -2.21. The van der Waals surface area contributed by atoms with Crippen LogP contribution in [0.25, 0.3) is 0 Å². The lowest BCUT2D eigenvalue weighted by atomic mass is 10.1. The largest absolute Gasteiger partial charge is 0.493 e. The highest BCUT2D eigenvalue weighted by Crippen LogP contribution is 2.40. The Morgan fingerprint density at radius 3 is 2.61 bits per heavy atom. The molecule has 0 bridgehead atoms. The Labute approximate surface area is 131 Å². The molecule has 1 aliphatic heterocycles. The second-order valence-electron chi connectivity index (χ2n) is 4.51. The van der Waals surface area contributed by atoms with Gasteiger partial charge in [-0.05, 0) is 12.1 Å². The first kappa shape index (κ1) is 16.4. The third-order valence-corrected chi connectivity index (χ3v) is 2.78. The molecule has 124 valence electrons. The van der Waals surface area contributed by atoms with Gasteiger partial charge < -0.3 is 18.9 Å². The van der Waals surface area contributed by atoms with Gasteiger partial charge in [0, 0.05) is 6.92 Å². The van der Waals surface area contributed by atoms with Crippen LogP contribution in [0.5, 0.6) is 17.2 Å². The smallest absolute Gasteiger partial charge is 0.338 e. The highest BCUT2D eigenvalue weighted by atomic mass is 16.6. The average molecular weight is 324 g/mol. The molecule has 9 heteroatoms. The number of hydrazine groups is 1. The maximum absolute atomic E-state index is 12.0. The molecule has 0 aliphatic carbocycles. The molecule has 2 amide bonds. The fourth-order valence-corrected chi connectivity index (χ4v) is 1.80. The van der Waals surface area contributed by atoms with Gasteiger partial charge >= 0.3 is 5.97 Å². The van der Waals surface area contributed by atoms with Crippen LogP contribution >= 0.6 is 0 Å². The highest BCUT2D eigenvalue weighted by molar-refractivity contribution is 5.93. The average Bonchev–Trinajstić information content (AvgIpc) is 2.56. The van der Waals surface area contributed by atoms with E-state index in [9.17, 15) is 14.4 Å². The number of carbonyl (C=O) groups is 3. The molecule has 1 aromatic carbocycles. The number of carbonyl (C=O) groups excluding carboxylic acids is 3. The predicted octanol–water partition coefficient (Wildman–Crippen LogP) is -0.210. The molecule has 2 N–H and O–H groups in total. The molecule has 1 heterocycles. The minimum absolute atomic E-state index is 0.151. The Morgan fingerprint density at radius 2 is 1.91 bits per heavy atom. The van der Waals surface area contributed by atoms with Gasteiger partial charge in [-0.15, -0.1) is 0 Å². The number of ether oxygens (including phenoxy) is 4. The van der Waals surface area contributed by atoms with E-state index in [4.69, 9.17) is 18.9 Å². The number of rotatable bonds is 4. The lowest BCUT2D eigenvalue weighted by molar-refractivity contribution is -0.129. The maximum atomic E-state index is 12.0. The second-order valence-corrected chi connectivity index (χ2v) is 4.51. The van der Waals surface area contributed by atoms with Crippen molar-refractivity contribution in [1.29, 1.82) is 0 Å². The molecule has 0 aromatic heterocycles. The number of hydrogen-bond donors (Lipinski definition) is 2. The zero-order valence-electron chi connectivity index (χ0n) is 12.6. The van der Waals surface area contributed by atoms with Crippen molar-refractivity contribution >= 4 is 17.8 Å². The van der Waals surface area contributed by atoms with E-state index < -0.39 is 24.4 Å². The summed E-state index contributed by atoms with van der Waals surface area (Å²) in [7, 11) is 1.43. The topological polar surface area (TPSA) is 112 Å². The molecule has 23 heavy (non-hydrogen) atoms. The van der Waals surface area contributed by atoms with Crippen LogP contribution in [-0.4, -0.2) is 44.7 Å². The van der Waals surface area contributed by atoms with Crippen molar-refractivity contribution in [3.05, 3.63) is 17.7 Å². The predicted molar refractivity (Wildman–Crippen MR) is 76.2 cm³/mol. The minimum atomic E-state index is -0.738. The van der Waals surface area contributed by atoms with Crippen LogP contribution in [0.3, 0.4) is 0 Å². The fourth-order valence-electron chi connectivity index (χ4n) is 1.80. The molecule has 0 fully saturated rings. The molecule has 0 saturated carbocycles. The number of esters is 1. The van der Waals surface area contributed by atoms with E-state index >= 15 is 0 Å². The van der Waals surface area contributed by atoms with Crippen LogP contribution in [0.15, 0.2) is 12.1 Å². The Morgan fingerprint density at radius 1 is 1.17 bits per heavy atom. The molecule has 9 nitrogen and oxygen atoms in total. The molecule has 0 unspecified atom stereocenters. The molecule has 0 saturated heterocycles. The Kier molecular flexibility index (Phi) is 5.23. The van der Waals surface area contributed by atoms with Gasteiger partial charge in [0.25, 0.3) is 5.91 Å². The molecular formula is C14H16N2O7. The fraction of sp³-hybridized carbons (Fsp3) is 0.357. The quantitative estimate of drug-likeness (QED) is 0.582. The maximum Gasteiger partial charge on any atom is 0.338 e. The van der Waals surface area contributed by atoms with Gasteiger partial charge in [-0.2, -0.15) is 0 Å². The van der Waals surface area contributed by atoms with Crippen molar-refractivity contribution in [2.75, 3.05) is 26.9 Å². The number of nitrogens with one attached hydrogen (secondary N) is 2. The van der Waals surface area contributed by atoms with Gasteiger partial charge in [0.15, 0.2) is 18.1 Å². The number of benzene rings is 1. The van der Waals surface area contributed by atoms with Crippen molar-refractivity contribution in [1.82, 2.24) is 10.9 Å². The van der Waals surface area contributed by atoms with Crippen LogP contribution < -0.4 is 25.1 Å². The lowest BCUT2D eigenvalue weighted by Crippen LogP contribution is -2.42. The number of fused-ring (bicyclic) bond motifs is 1. The van der Waals surface area contributed by atoms with Crippen molar-refractivity contribution in [3.8, 4) is 17.2 Å². The Hall–Kier alpha value is -2.97. The van der Waals surface area contributed by atoms with Crippen LogP contribution in [-0.2, 0) is 14.3 Å². The van der Waals surface area contributed by atoms with E-state index in [1.165, 1.54) is 26.2 Å². The zero-order chi connectivity index (χ0) is 16.8. The van der Waals surface area contributed by atoms with Gasteiger partial charge in [0.1, 0.15) is 13.2 Å². The molecule has 2 rings (SSSR count).